The summed E-state index contributed by atoms with van der Waals surface area (Å²) in [5.41, 5.74) is 1.83. The summed E-state index contributed by atoms with van der Waals surface area (Å²) in [6.45, 7) is 1.81. The van der Waals surface area contributed by atoms with Crippen molar-refractivity contribution < 1.29 is 19.1 Å². The molecule has 1 aromatic carbocycles. The van der Waals surface area contributed by atoms with Crippen molar-refractivity contribution in [1.82, 2.24) is 4.57 Å². The van der Waals surface area contributed by atoms with Gasteiger partial charge in [-0.3, -0.25) is 23.7 Å². The molecule has 1 aromatic heterocycles. The molecule has 26 heavy (non-hydrogen) atoms. The van der Waals surface area contributed by atoms with Crippen molar-refractivity contribution in [2.24, 2.45) is 0 Å². The molecule has 1 fully saturated rings. The predicted octanol–water partition coefficient (Wildman–Crippen LogP) is 1.77. The van der Waals surface area contributed by atoms with Crippen LogP contribution in [-0.4, -0.2) is 35.4 Å². The molecule has 1 aliphatic rings. The van der Waals surface area contributed by atoms with Gasteiger partial charge in [0.05, 0.1) is 0 Å². The molecule has 0 unspecified atom stereocenters. The van der Waals surface area contributed by atoms with E-state index in [1.54, 1.807) is 41.5 Å². The maximum atomic E-state index is 12.2. The number of hydrogen-bond acceptors (Lipinski definition) is 6. The molecule has 0 spiro atoms. The van der Waals surface area contributed by atoms with Gasteiger partial charge in [-0.15, -0.1) is 0 Å². The van der Waals surface area contributed by atoms with Crippen LogP contribution in [0.15, 0.2) is 34.4 Å². The third-order valence-corrected chi connectivity index (χ3v) is 5.08. The second-order valence-electron chi connectivity index (χ2n) is 6.01. The first-order chi connectivity index (χ1) is 12.5. The minimum atomic E-state index is -0.638. The predicted molar refractivity (Wildman–Crippen MR) is 96.6 cm³/mol. The molecule has 0 N–H and O–H groups in total. The fourth-order valence-corrected chi connectivity index (χ4v) is 3.48. The SMILES string of the molecule is Cc1csc(=O)n1CC(=O)OCC(=O)c1ccc(N2CCCC2=O)cc1. The number of amides is 1. The second kappa shape index (κ2) is 7.65. The van der Waals surface area contributed by atoms with E-state index in [1.165, 1.54) is 4.57 Å². The molecule has 1 amide bonds. The van der Waals surface area contributed by atoms with E-state index in [2.05, 4.69) is 0 Å². The van der Waals surface area contributed by atoms with Crippen LogP contribution in [0, 0.1) is 6.92 Å². The molecule has 8 heteroatoms. The maximum Gasteiger partial charge on any atom is 0.326 e. The lowest BCUT2D eigenvalue weighted by molar-refractivity contribution is -0.143. The van der Waals surface area contributed by atoms with E-state index in [4.69, 9.17) is 4.74 Å². The molecule has 0 bridgehead atoms. The Bertz CT molecular complexity index is 897. The Morgan fingerprint density at radius 2 is 1.92 bits per heavy atom. The van der Waals surface area contributed by atoms with Crippen molar-refractivity contribution in [2.45, 2.75) is 26.3 Å². The van der Waals surface area contributed by atoms with Crippen LogP contribution in [0.4, 0.5) is 5.69 Å². The Labute approximate surface area is 153 Å². The second-order valence-corrected chi connectivity index (χ2v) is 6.83. The summed E-state index contributed by atoms with van der Waals surface area (Å²) >= 11 is 1.01. The Morgan fingerprint density at radius 1 is 1.19 bits per heavy atom. The average molecular weight is 374 g/mol. The van der Waals surface area contributed by atoms with Gasteiger partial charge in [0.25, 0.3) is 0 Å². The van der Waals surface area contributed by atoms with E-state index in [-0.39, 0.29) is 23.1 Å². The Morgan fingerprint density at radius 3 is 2.50 bits per heavy atom. The van der Waals surface area contributed by atoms with Crippen LogP contribution in [-0.2, 0) is 20.9 Å². The maximum absolute atomic E-state index is 12.2. The topological polar surface area (TPSA) is 85.7 Å². The summed E-state index contributed by atoms with van der Waals surface area (Å²) in [5.74, 6) is -0.898. The van der Waals surface area contributed by atoms with Gasteiger partial charge in [0, 0.05) is 35.3 Å². The number of hydrogen-bond donors (Lipinski definition) is 0. The minimum Gasteiger partial charge on any atom is -0.456 e. The molecule has 0 atom stereocenters. The third-order valence-electron chi connectivity index (χ3n) is 4.20. The minimum absolute atomic E-state index is 0.0805. The lowest BCUT2D eigenvalue weighted by atomic mass is 10.1. The summed E-state index contributed by atoms with van der Waals surface area (Å²) in [7, 11) is 0. The molecule has 1 saturated heterocycles. The average Bonchev–Trinajstić information content (AvgIpc) is 3.20. The van der Waals surface area contributed by atoms with Crippen molar-refractivity contribution >= 4 is 34.7 Å². The normalized spacial score (nSPS) is 13.9. The van der Waals surface area contributed by atoms with Crippen molar-refractivity contribution in [3.8, 4) is 0 Å². The van der Waals surface area contributed by atoms with Crippen LogP contribution in [0.3, 0.4) is 0 Å². The molecule has 2 heterocycles. The van der Waals surface area contributed by atoms with Crippen molar-refractivity contribution in [2.75, 3.05) is 18.1 Å². The van der Waals surface area contributed by atoms with Crippen LogP contribution in [0.2, 0.25) is 0 Å². The van der Waals surface area contributed by atoms with Crippen molar-refractivity contribution in [3.05, 3.63) is 50.6 Å². The zero-order chi connectivity index (χ0) is 18.7. The van der Waals surface area contributed by atoms with Gasteiger partial charge >= 0.3 is 10.8 Å². The first kappa shape index (κ1) is 18.1. The van der Waals surface area contributed by atoms with Gasteiger partial charge < -0.3 is 9.64 Å². The van der Waals surface area contributed by atoms with Crippen LogP contribution < -0.4 is 9.77 Å². The summed E-state index contributed by atoms with van der Waals surface area (Å²) < 4.78 is 6.29. The lowest BCUT2D eigenvalue weighted by Crippen LogP contribution is -2.24. The number of thiazole rings is 1. The standard InChI is InChI=1S/C18H18N2O5S/c1-12-11-26-18(24)20(12)9-17(23)25-10-15(21)13-4-6-14(7-5-13)19-8-2-3-16(19)22/h4-7,11H,2-3,8-10H2,1H3. The summed E-state index contributed by atoms with van der Waals surface area (Å²) in [5, 5.41) is 1.66. The van der Waals surface area contributed by atoms with E-state index in [9.17, 15) is 19.2 Å². The molecular weight excluding hydrogens is 356 g/mol. The van der Waals surface area contributed by atoms with Gasteiger partial charge in [-0.25, -0.2) is 0 Å². The van der Waals surface area contributed by atoms with Gasteiger partial charge in [-0.2, -0.15) is 0 Å². The molecule has 2 aromatic rings. The summed E-state index contributed by atoms with van der Waals surface area (Å²) in [6, 6.07) is 6.66. The van der Waals surface area contributed by atoms with Gasteiger partial charge in [0.15, 0.2) is 12.4 Å². The van der Waals surface area contributed by atoms with E-state index in [0.29, 0.717) is 24.2 Å². The third kappa shape index (κ3) is 3.91. The number of nitrogens with zero attached hydrogens (tertiary/aromatic N) is 2. The van der Waals surface area contributed by atoms with E-state index in [1.807, 2.05) is 0 Å². The number of anilines is 1. The summed E-state index contributed by atoms with van der Waals surface area (Å²) in [6.07, 6.45) is 1.38. The molecular formula is C18H18N2O5S. The highest BCUT2D eigenvalue weighted by atomic mass is 32.1. The van der Waals surface area contributed by atoms with Crippen LogP contribution >= 0.6 is 11.3 Å². The van der Waals surface area contributed by atoms with Crippen molar-refractivity contribution in [1.29, 1.82) is 0 Å². The molecule has 7 nitrogen and oxygen atoms in total. The van der Waals surface area contributed by atoms with Gasteiger partial charge in [-0.05, 0) is 37.6 Å². The van der Waals surface area contributed by atoms with Gasteiger partial charge in [-0.1, -0.05) is 11.3 Å². The number of aryl methyl sites for hydroxylation is 1. The highest BCUT2D eigenvalue weighted by Crippen LogP contribution is 2.21. The number of Topliss-reactive ketones (excluding diaryl/α,β-unsaturated/α-hetero) is 1. The van der Waals surface area contributed by atoms with E-state index >= 15 is 0 Å². The number of carbonyl (C=O) groups is 3. The zero-order valence-corrected chi connectivity index (χ0v) is 15.1. The van der Waals surface area contributed by atoms with Crippen LogP contribution in [0.5, 0.6) is 0 Å². The Hall–Kier alpha value is -2.74. The largest absolute Gasteiger partial charge is 0.456 e. The molecule has 0 radical (unpaired) electrons. The van der Waals surface area contributed by atoms with Crippen molar-refractivity contribution in [3.63, 3.8) is 0 Å². The fourth-order valence-electron chi connectivity index (χ4n) is 2.75. The van der Waals surface area contributed by atoms with E-state index in [0.717, 1.165) is 23.4 Å². The highest BCUT2D eigenvalue weighted by Gasteiger charge is 2.21. The van der Waals surface area contributed by atoms with Crippen LogP contribution in [0.25, 0.3) is 0 Å². The Balaban J connectivity index is 1.55. The number of ketones is 1. The quantitative estimate of drug-likeness (QED) is 0.568. The van der Waals surface area contributed by atoms with Crippen LogP contribution in [0.1, 0.15) is 28.9 Å². The number of ether oxygens (including phenoxy) is 1. The zero-order valence-electron chi connectivity index (χ0n) is 14.3. The highest BCUT2D eigenvalue weighted by molar-refractivity contribution is 7.07. The first-order valence-corrected chi connectivity index (χ1v) is 9.08. The number of carbonyl (C=O) groups excluding carboxylic acids is 3. The number of rotatable bonds is 6. The molecule has 136 valence electrons. The molecule has 0 aliphatic carbocycles. The molecule has 3 rings (SSSR count). The number of aromatic nitrogens is 1. The van der Waals surface area contributed by atoms with Gasteiger partial charge in [0.1, 0.15) is 6.54 Å². The molecule has 0 saturated carbocycles. The van der Waals surface area contributed by atoms with E-state index < -0.39 is 12.6 Å². The smallest absolute Gasteiger partial charge is 0.326 e. The number of benzene rings is 1. The first-order valence-electron chi connectivity index (χ1n) is 8.20. The molecule has 1 aliphatic heterocycles. The number of esters is 1. The lowest BCUT2D eigenvalue weighted by Gasteiger charge is -2.15. The fraction of sp³-hybridized carbons (Fsp3) is 0.333. The summed E-state index contributed by atoms with van der Waals surface area (Å²) in [4.78, 5) is 48.8. The van der Waals surface area contributed by atoms with Gasteiger partial charge in [0.2, 0.25) is 5.91 Å². The monoisotopic (exact) mass is 374 g/mol. The Kier molecular flexibility index (Phi) is 5.32.